The number of carboxylic acids is 1. The number of aliphatic carboxylic acids is 1. The average Bonchev–Trinajstić information content (AvgIpc) is 2.11. The molecule has 8 heteroatoms. The van der Waals surface area contributed by atoms with Gasteiger partial charge >= 0.3 is 12.1 Å². The van der Waals surface area contributed by atoms with Crippen LogP contribution in [-0.2, 0) is 9.59 Å². The maximum atomic E-state index is 12.2. The fourth-order valence-electron chi connectivity index (χ4n) is 1.31. The first-order chi connectivity index (χ1) is 8.41. The number of amides is 1. The van der Waals surface area contributed by atoms with E-state index in [1.165, 1.54) is 0 Å². The minimum atomic E-state index is -4.61. The van der Waals surface area contributed by atoms with E-state index < -0.39 is 31.1 Å². The molecule has 0 aromatic rings. The highest BCUT2D eigenvalue weighted by molar-refractivity contribution is 5.81. The fourth-order valence-corrected chi connectivity index (χ4v) is 1.31. The molecule has 1 amide bonds. The van der Waals surface area contributed by atoms with E-state index >= 15 is 0 Å². The second kappa shape index (κ2) is 6.74. The maximum absolute atomic E-state index is 12.2. The summed E-state index contributed by atoms with van der Waals surface area (Å²) in [6, 6.07) is 0. The summed E-state index contributed by atoms with van der Waals surface area (Å²) in [6.45, 7) is 3.24. The van der Waals surface area contributed by atoms with Crippen LogP contribution in [0.3, 0.4) is 0 Å². The molecule has 19 heavy (non-hydrogen) atoms. The summed E-state index contributed by atoms with van der Waals surface area (Å²) in [7, 11) is 0. The molecule has 0 aromatic heterocycles. The predicted octanol–water partition coefficient (Wildman–Crippen LogP) is 1.24. The number of halogens is 3. The van der Waals surface area contributed by atoms with Crippen molar-refractivity contribution in [3.05, 3.63) is 0 Å². The van der Waals surface area contributed by atoms with Gasteiger partial charge in [0.05, 0.1) is 0 Å². The van der Waals surface area contributed by atoms with Crippen molar-refractivity contribution in [1.29, 1.82) is 0 Å². The Morgan fingerprint density at radius 3 is 2.11 bits per heavy atom. The van der Waals surface area contributed by atoms with Crippen LogP contribution in [0.1, 0.15) is 27.2 Å². The zero-order valence-corrected chi connectivity index (χ0v) is 11.2. The molecule has 0 radical (unpaired) electrons. The van der Waals surface area contributed by atoms with Gasteiger partial charge < -0.3 is 15.3 Å². The summed E-state index contributed by atoms with van der Waals surface area (Å²) in [6.07, 6.45) is -4.79. The van der Waals surface area contributed by atoms with Crippen LogP contribution >= 0.6 is 0 Å². The lowest BCUT2D eigenvalue weighted by Gasteiger charge is -2.24. The SMILES string of the molecule is CC(C)(C)NCCC(=O)N(CC(=O)O)CC(F)(F)F. The third-order valence-electron chi connectivity index (χ3n) is 2.04. The Labute approximate surface area is 109 Å². The molecule has 2 N–H and O–H groups in total. The molecule has 0 aliphatic carbocycles. The number of nitrogens with zero attached hydrogens (tertiary/aromatic N) is 1. The zero-order chi connectivity index (χ0) is 15.3. The van der Waals surface area contributed by atoms with Crippen molar-refractivity contribution in [2.75, 3.05) is 19.6 Å². The van der Waals surface area contributed by atoms with Gasteiger partial charge in [0.15, 0.2) is 0 Å². The van der Waals surface area contributed by atoms with E-state index in [4.69, 9.17) is 5.11 Å². The topological polar surface area (TPSA) is 69.6 Å². The standard InChI is InChI=1S/C11H19F3N2O3/c1-10(2,3)15-5-4-8(17)16(6-9(18)19)7-11(12,13)14/h15H,4-7H2,1-3H3,(H,18,19). The summed E-state index contributed by atoms with van der Waals surface area (Å²) in [5.74, 6) is -2.31. The molecule has 0 spiro atoms. The molecule has 0 atom stereocenters. The van der Waals surface area contributed by atoms with Gasteiger partial charge in [-0.15, -0.1) is 0 Å². The summed E-state index contributed by atoms with van der Waals surface area (Å²) in [5.41, 5.74) is -0.262. The molecule has 0 aliphatic heterocycles. The fraction of sp³-hybridized carbons (Fsp3) is 0.818. The summed E-state index contributed by atoms with van der Waals surface area (Å²) in [5, 5.41) is 11.5. The van der Waals surface area contributed by atoms with Crippen LogP contribution in [0, 0.1) is 0 Å². The Bertz CT molecular complexity index is 324. The minimum absolute atomic E-state index is 0.180. The van der Waals surface area contributed by atoms with Gasteiger partial charge in [-0.05, 0) is 20.8 Å². The maximum Gasteiger partial charge on any atom is 0.406 e. The van der Waals surface area contributed by atoms with E-state index in [0.717, 1.165) is 0 Å². The van der Waals surface area contributed by atoms with Crippen LogP contribution in [0.5, 0.6) is 0 Å². The van der Waals surface area contributed by atoms with Crippen molar-refractivity contribution < 1.29 is 27.9 Å². The number of carboxylic acid groups (broad SMARTS) is 1. The molecule has 0 saturated heterocycles. The summed E-state index contributed by atoms with van der Waals surface area (Å²) >= 11 is 0. The normalized spacial score (nSPS) is 12.3. The average molecular weight is 284 g/mol. The van der Waals surface area contributed by atoms with Crippen LogP contribution in [0.25, 0.3) is 0 Å². The second-order valence-electron chi connectivity index (χ2n) is 5.19. The van der Waals surface area contributed by atoms with E-state index in [0.29, 0.717) is 4.90 Å². The second-order valence-corrected chi connectivity index (χ2v) is 5.19. The quantitative estimate of drug-likeness (QED) is 0.770. The molecule has 0 bridgehead atoms. The van der Waals surface area contributed by atoms with Crippen molar-refractivity contribution in [3.63, 3.8) is 0 Å². The van der Waals surface area contributed by atoms with Crippen molar-refractivity contribution in [2.45, 2.75) is 38.9 Å². The Kier molecular flexibility index (Phi) is 6.28. The minimum Gasteiger partial charge on any atom is -0.480 e. The number of alkyl halides is 3. The number of hydrogen-bond donors (Lipinski definition) is 2. The van der Waals surface area contributed by atoms with Gasteiger partial charge in [-0.3, -0.25) is 9.59 Å². The lowest BCUT2D eigenvalue weighted by Crippen LogP contribution is -2.44. The number of nitrogens with one attached hydrogen (secondary N) is 1. The molecule has 0 unspecified atom stereocenters. The van der Waals surface area contributed by atoms with Gasteiger partial charge in [-0.25, -0.2) is 0 Å². The smallest absolute Gasteiger partial charge is 0.406 e. The van der Waals surface area contributed by atoms with E-state index in [9.17, 15) is 22.8 Å². The van der Waals surface area contributed by atoms with Crippen LogP contribution in [-0.4, -0.2) is 53.2 Å². The molecule has 112 valence electrons. The van der Waals surface area contributed by atoms with E-state index in [2.05, 4.69) is 5.32 Å². The molecule has 0 saturated carbocycles. The lowest BCUT2D eigenvalue weighted by molar-refractivity contribution is -0.165. The number of carbonyl (C=O) groups is 2. The Hall–Kier alpha value is -1.31. The zero-order valence-electron chi connectivity index (χ0n) is 11.2. The van der Waals surface area contributed by atoms with Gasteiger partial charge in [0, 0.05) is 18.5 Å². The molecular weight excluding hydrogens is 265 g/mol. The third-order valence-corrected chi connectivity index (χ3v) is 2.04. The Morgan fingerprint density at radius 2 is 1.74 bits per heavy atom. The Morgan fingerprint density at radius 1 is 1.21 bits per heavy atom. The molecule has 0 aromatic carbocycles. The molecule has 0 heterocycles. The molecule has 0 rings (SSSR count). The summed E-state index contributed by atoms with van der Waals surface area (Å²) < 4.78 is 36.7. The van der Waals surface area contributed by atoms with Crippen LogP contribution in [0.2, 0.25) is 0 Å². The number of hydrogen-bond acceptors (Lipinski definition) is 3. The molecule has 0 aliphatic rings. The van der Waals surface area contributed by atoms with Crippen molar-refractivity contribution >= 4 is 11.9 Å². The van der Waals surface area contributed by atoms with Crippen molar-refractivity contribution in [2.24, 2.45) is 0 Å². The van der Waals surface area contributed by atoms with Gasteiger partial charge in [0.25, 0.3) is 0 Å². The largest absolute Gasteiger partial charge is 0.480 e. The first-order valence-corrected chi connectivity index (χ1v) is 5.72. The van der Waals surface area contributed by atoms with Gasteiger partial charge in [-0.1, -0.05) is 0 Å². The number of carbonyl (C=O) groups excluding carboxylic acids is 1. The summed E-state index contributed by atoms with van der Waals surface area (Å²) in [4.78, 5) is 22.3. The monoisotopic (exact) mass is 284 g/mol. The van der Waals surface area contributed by atoms with Crippen molar-refractivity contribution in [1.82, 2.24) is 10.2 Å². The van der Waals surface area contributed by atoms with E-state index in [1.807, 2.05) is 20.8 Å². The highest BCUT2D eigenvalue weighted by Crippen LogP contribution is 2.16. The molecule has 5 nitrogen and oxygen atoms in total. The van der Waals surface area contributed by atoms with Crippen LogP contribution < -0.4 is 5.32 Å². The first-order valence-electron chi connectivity index (χ1n) is 5.72. The molecular formula is C11H19F3N2O3. The van der Waals surface area contributed by atoms with E-state index in [1.54, 1.807) is 0 Å². The van der Waals surface area contributed by atoms with Crippen LogP contribution in [0.15, 0.2) is 0 Å². The highest BCUT2D eigenvalue weighted by atomic mass is 19.4. The predicted molar refractivity (Wildman–Crippen MR) is 62.6 cm³/mol. The van der Waals surface area contributed by atoms with Gasteiger partial charge in [0.1, 0.15) is 13.1 Å². The lowest BCUT2D eigenvalue weighted by atomic mass is 10.1. The highest BCUT2D eigenvalue weighted by Gasteiger charge is 2.33. The Balaban J connectivity index is 4.42. The first kappa shape index (κ1) is 17.7. The van der Waals surface area contributed by atoms with E-state index in [-0.39, 0.29) is 18.5 Å². The number of rotatable bonds is 6. The molecule has 0 fully saturated rings. The van der Waals surface area contributed by atoms with Crippen LogP contribution in [0.4, 0.5) is 13.2 Å². The van der Waals surface area contributed by atoms with Crippen molar-refractivity contribution in [3.8, 4) is 0 Å². The third kappa shape index (κ3) is 10.3. The van der Waals surface area contributed by atoms with Gasteiger partial charge in [0.2, 0.25) is 5.91 Å². The van der Waals surface area contributed by atoms with Gasteiger partial charge in [-0.2, -0.15) is 13.2 Å².